The van der Waals surface area contributed by atoms with Crippen LogP contribution < -0.4 is 5.32 Å². The van der Waals surface area contributed by atoms with Crippen LogP contribution in [0.3, 0.4) is 0 Å². The van der Waals surface area contributed by atoms with Gasteiger partial charge in [0.15, 0.2) is 0 Å². The molecule has 30 heavy (non-hydrogen) atoms. The van der Waals surface area contributed by atoms with Crippen molar-refractivity contribution in [2.45, 2.75) is 13.2 Å². The first-order valence-corrected chi connectivity index (χ1v) is 11.5. The van der Waals surface area contributed by atoms with Crippen molar-refractivity contribution < 1.29 is 17.4 Å². The highest BCUT2D eigenvalue weighted by atomic mass is 35.5. The zero-order valence-corrected chi connectivity index (χ0v) is 18.7. The summed E-state index contributed by atoms with van der Waals surface area (Å²) in [6.45, 7) is 0.101. The van der Waals surface area contributed by atoms with Gasteiger partial charge in [-0.3, -0.25) is 8.98 Å². The first-order chi connectivity index (χ1) is 14.1. The van der Waals surface area contributed by atoms with Crippen molar-refractivity contribution in [2.75, 3.05) is 6.26 Å². The molecule has 1 heterocycles. The van der Waals surface area contributed by atoms with Crippen LogP contribution in [0, 0.1) is 0 Å². The maximum absolute atomic E-state index is 12.8. The summed E-state index contributed by atoms with van der Waals surface area (Å²) in [5.41, 5.74) is 3.42. The van der Waals surface area contributed by atoms with E-state index in [1.165, 1.54) is 0 Å². The molecule has 158 valence electrons. The molecular weight excluding hydrogens is 447 g/mol. The van der Waals surface area contributed by atoms with Crippen LogP contribution >= 0.6 is 23.2 Å². The van der Waals surface area contributed by atoms with Crippen molar-refractivity contribution in [3.05, 3.63) is 81.5 Å². The normalized spacial score (nSPS) is 11.5. The zero-order valence-electron chi connectivity index (χ0n) is 16.4. The van der Waals surface area contributed by atoms with Crippen LogP contribution in [0.4, 0.5) is 0 Å². The Labute approximate surface area is 185 Å². The number of aromatic nitrogens is 1. The Morgan fingerprint density at radius 2 is 1.83 bits per heavy atom. The zero-order chi connectivity index (χ0) is 21.9. The van der Waals surface area contributed by atoms with E-state index in [0.29, 0.717) is 21.2 Å². The second-order valence-corrected chi connectivity index (χ2v) is 9.28. The Morgan fingerprint density at radius 3 is 2.47 bits per heavy atom. The van der Waals surface area contributed by atoms with Crippen molar-refractivity contribution in [3.8, 4) is 11.3 Å². The van der Waals surface area contributed by atoms with Gasteiger partial charge in [-0.05, 0) is 59.2 Å². The third-order valence-corrected chi connectivity index (χ3v) is 5.66. The SMILES string of the molecule is Cn1cccc1-c1cc(COS(C)(=O)=O)cc(C(=O)NCc2ccc(Cl)c(Cl)c2)c1. The van der Waals surface area contributed by atoms with Gasteiger partial charge >= 0.3 is 0 Å². The highest BCUT2D eigenvalue weighted by molar-refractivity contribution is 7.85. The van der Waals surface area contributed by atoms with Crippen LogP contribution in [0.5, 0.6) is 0 Å². The summed E-state index contributed by atoms with van der Waals surface area (Å²) in [5, 5.41) is 3.70. The van der Waals surface area contributed by atoms with Gasteiger partial charge < -0.3 is 9.88 Å². The molecule has 0 aliphatic carbocycles. The average molecular weight is 467 g/mol. The van der Waals surface area contributed by atoms with E-state index in [-0.39, 0.29) is 19.1 Å². The molecule has 0 spiro atoms. The molecule has 0 radical (unpaired) electrons. The van der Waals surface area contributed by atoms with Crippen molar-refractivity contribution in [1.29, 1.82) is 0 Å². The fourth-order valence-corrected chi connectivity index (χ4v) is 3.60. The Bertz CT molecular complexity index is 1190. The molecule has 3 aromatic rings. The lowest BCUT2D eigenvalue weighted by Gasteiger charge is -2.12. The number of hydrogen-bond donors (Lipinski definition) is 1. The number of hydrogen-bond acceptors (Lipinski definition) is 4. The molecule has 0 unspecified atom stereocenters. The molecule has 0 bridgehead atoms. The van der Waals surface area contributed by atoms with Crippen LogP contribution in [0.15, 0.2) is 54.7 Å². The van der Waals surface area contributed by atoms with Gasteiger partial charge in [0.05, 0.1) is 22.9 Å². The summed E-state index contributed by atoms with van der Waals surface area (Å²) >= 11 is 11.9. The van der Waals surface area contributed by atoms with Gasteiger partial charge in [-0.2, -0.15) is 8.42 Å². The third kappa shape index (κ3) is 5.86. The number of nitrogens with zero attached hydrogens (tertiary/aromatic N) is 1. The molecule has 0 atom stereocenters. The number of aryl methyl sites for hydroxylation is 1. The number of nitrogens with one attached hydrogen (secondary N) is 1. The van der Waals surface area contributed by atoms with Crippen molar-refractivity contribution in [2.24, 2.45) is 7.05 Å². The predicted molar refractivity (Wildman–Crippen MR) is 118 cm³/mol. The number of carbonyl (C=O) groups excluding carboxylic acids is 1. The second kappa shape index (κ2) is 9.22. The van der Waals surface area contributed by atoms with E-state index < -0.39 is 10.1 Å². The minimum Gasteiger partial charge on any atom is -0.351 e. The molecule has 0 saturated carbocycles. The highest BCUT2D eigenvalue weighted by Gasteiger charge is 2.13. The van der Waals surface area contributed by atoms with Crippen LogP contribution in [-0.4, -0.2) is 25.1 Å². The van der Waals surface area contributed by atoms with Gasteiger partial charge in [-0.1, -0.05) is 29.3 Å². The van der Waals surface area contributed by atoms with E-state index in [4.69, 9.17) is 27.4 Å². The number of benzene rings is 2. The fourth-order valence-electron chi connectivity index (χ4n) is 2.92. The smallest absolute Gasteiger partial charge is 0.264 e. The molecule has 2 aromatic carbocycles. The van der Waals surface area contributed by atoms with E-state index in [2.05, 4.69) is 5.32 Å². The summed E-state index contributed by atoms with van der Waals surface area (Å²) in [6, 6.07) is 14.1. The molecule has 0 aliphatic heterocycles. The van der Waals surface area contributed by atoms with Gasteiger partial charge in [-0.25, -0.2) is 0 Å². The summed E-state index contributed by atoms with van der Waals surface area (Å²) in [7, 11) is -1.73. The lowest BCUT2D eigenvalue weighted by Crippen LogP contribution is -2.23. The Kier molecular flexibility index (Phi) is 6.88. The largest absolute Gasteiger partial charge is 0.351 e. The topological polar surface area (TPSA) is 77.4 Å². The first-order valence-electron chi connectivity index (χ1n) is 8.94. The number of halogens is 2. The standard InChI is InChI=1S/C21H20Cl2N2O4S/c1-25-7-3-4-20(25)16-8-15(13-29-30(2,27)28)9-17(11-16)21(26)24-12-14-5-6-18(22)19(23)10-14/h3-11H,12-13H2,1-2H3,(H,24,26). The molecule has 0 aliphatic rings. The van der Waals surface area contributed by atoms with E-state index in [9.17, 15) is 13.2 Å². The Balaban J connectivity index is 1.86. The first kappa shape index (κ1) is 22.4. The summed E-state index contributed by atoms with van der Waals surface area (Å²) in [6.07, 6.45) is 2.87. The van der Waals surface area contributed by atoms with Crippen LogP contribution in [0.1, 0.15) is 21.5 Å². The molecule has 0 saturated heterocycles. The monoisotopic (exact) mass is 466 g/mol. The quantitative estimate of drug-likeness (QED) is 0.523. The number of amides is 1. The minimum absolute atomic E-state index is 0.163. The van der Waals surface area contributed by atoms with E-state index in [1.54, 1.807) is 36.4 Å². The molecule has 3 rings (SSSR count). The maximum Gasteiger partial charge on any atom is 0.264 e. The number of rotatable bonds is 7. The third-order valence-electron chi connectivity index (χ3n) is 4.37. The van der Waals surface area contributed by atoms with Crippen LogP contribution in [0.2, 0.25) is 10.0 Å². The van der Waals surface area contributed by atoms with Gasteiger partial charge in [-0.15, -0.1) is 0 Å². The molecule has 1 aromatic heterocycles. The number of carbonyl (C=O) groups is 1. The van der Waals surface area contributed by atoms with Crippen LogP contribution in [0.25, 0.3) is 11.3 Å². The lowest BCUT2D eigenvalue weighted by atomic mass is 10.0. The Hall–Kier alpha value is -2.32. The molecular formula is C21H20Cl2N2O4S. The Morgan fingerprint density at radius 1 is 1.07 bits per heavy atom. The van der Waals surface area contributed by atoms with Crippen LogP contribution in [-0.2, 0) is 34.5 Å². The molecule has 1 amide bonds. The molecule has 0 fully saturated rings. The van der Waals surface area contributed by atoms with Gasteiger partial charge in [0.1, 0.15) is 0 Å². The van der Waals surface area contributed by atoms with Crippen molar-refractivity contribution in [3.63, 3.8) is 0 Å². The van der Waals surface area contributed by atoms with E-state index in [0.717, 1.165) is 23.1 Å². The maximum atomic E-state index is 12.8. The minimum atomic E-state index is -3.61. The van der Waals surface area contributed by atoms with Crippen molar-refractivity contribution >= 4 is 39.2 Å². The molecule has 1 N–H and O–H groups in total. The van der Waals surface area contributed by atoms with Gasteiger partial charge in [0.25, 0.3) is 16.0 Å². The predicted octanol–water partition coefficient (Wildman–Crippen LogP) is 4.41. The average Bonchev–Trinajstić information content (AvgIpc) is 3.12. The van der Waals surface area contributed by atoms with Gasteiger partial charge in [0.2, 0.25) is 0 Å². The highest BCUT2D eigenvalue weighted by Crippen LogP contribution is 2.24. The summed E-state index contributed by atoms with van der Waals surface area (Å²) in [5.74, 6) is -0.308. The van der Waals surface area contributed by atoms with E-state index >= 15 is 0 Å². The van der Waals surface area contributed by atoms with Crippen molar-refractivity contribution in [1.82, 2.24) is 9.88 Å². The fraction of sp³-hybridized carbons (Fsp3) is 0.190. The molecule has 9 heteroatoms. The second-order valence-electron chi connectivity index (χ2n) is 6.82. The molecule has 6 nitrogen and oxygen atoms in total. The lowest BCUT2D eigenvalue weighted by molar-refractivity contribution is 0.0951. The summed E-state index contributed by atoms with van der Waals surface area (Å²) < 4.78 is 29.6. The van der Waals surface area contributed by atoms with E-state index in [1.807, 2.05) is 29.9 Å². The summed E-state index contributed by atoms with van der Waals surface area (Å²) in [4.78, 5) is 12.8. The van der Waals surface area contributed by atoms with Gasteiger partial charge in [0, 0.05) is 31.0 Å².